The number of nitrogens with one attached hydrogen (secondary N) is 1. The predicted octanol–water partition coefficient (Wildman–Crippen LogP) is 2.11. The molecule has 0 aromatic carbocycles. The van der Waals surface area contributed by atoms with Gasteiger partial charge in [-0.15, -0.1) is 0 Å². The lowest BCUT2D eigenvalue weighted by atomic mass is 10.1. The van der Waals surface area contributed by atoms with Gasteiger partial charge in [-0.05, 0) is 32.7 Å². The fourth-order valence-electron chi connectivity index (χ4n) is 1.82. The largest absolute Gasteiger partial charge is 0.411 e. The number of halogens is 3. The molecule has 1 saturated heterocycles. The second-order valence-corrected chi connectivity index (χ2v) is 4.32. The summed E-state index contributed by atoms with van der Waals surface area (Å²) in [6.45, 7) is 2.47. The van der Waals surface area contributed by atoms with Crippen LogP contribution >= 0.6 is 0 Å². The van der Waals surface area contributed by atoms with E-state index >= 15 is 0 Å². The second-order valence-electron chi connectivity index (χ2n) is 4.32. The summed E-state index contributed by atoms with van der Waals surface area (Å²) in [6, 6.07) is 0.250. The molecule has 0 spiro atoms. The van der Waals surface area contributed by atoms with E-state index in [2.05, 4.69) is 10.1 Å². The highest BCUT2D eigenvalue weighted by atomic mass is 19.4. The second kappa shape index (κ2) is 7.18. The van der Waals surface area contributed by atoms with Crippen LogP contribution in [0.25, 0.3) is 0 Å². The standard InChI is InChI=1S/C11H20F3NO2/c1-9(10-4-2-7-17-10)15-5-3-6-16-8-11(12,13)14/h9-10,15H,2-8H2,1H3. The number of hydrogen-bond donors (Lipinski definition) is 1. The highest BCUT2D eigenvalue weighted by Crippen LogP contribution is 2.15. The van der Waals surface area contributed by atoms with Crippen LogP contribution in [0.15, 0.2) is 0 Å². The molecule has 0 amide bonds. The third kappa shape index (κ3) is 6.85. The third-order valence-electron chi connectivity index (χ3n) is 2.72. The number of ether oxygens (including phenoxy) is 2. The van der Waals surface area contributed by atoms with Crippen molar-refractivity contribution >= 4 is 0 Å². The molecular weight excluding hydrogens is 235 g/mol. The molecule has 1 aliphatic heterocycles. The Bertz CT molecular complexity index is 205. The molecule has 0 radical (unpaired) electrons. The van der Waals surface area contributed by atoms with Gasteiger partial charge in [-0.25, -0.2) is 0 Å². The van der Waals surface area contributed by atoms with E-state index in [9.17, 15) is 13.2 Å². The van der Waals surface area contributed by atoms with Crippen LogP contribution in [-0.4, -0.2) is 44.7 Å². The summed E-state index contributed by atoms with van der Waals surface area (Å²) in [5, 5.41) is 3.24. The van der Waals surface area contributed by atoms with Crippen LogP contribution in [0, 0.1) is 0 Å². The third-order valence-corrected chi connectivity index (χ3v) is 2.72. The smallest absolute Gasteiger partial charge is 0.377 e. The fourth-order valence-corrected chi connectivity index (χ4v) is 1.82. The lowest BCUT2D eigenvalue weighted by molar-refractivity contribution is -0.173. The van der Waals surface area contributed by atoms with Crippen LogP contribution in [0.4, 0.5) is 13.2 Å². The van der Waals surface area contributed by atoms with Crippen molar-refractivity contribution in [2.24, 2.45) is 0 Å². The maximum atomic E-state index is 11.7. The van der Waals surface area contributed by atoms with Gasteiger partial charge in [0, 0.05) is 19.3 Å². The van der Waals surface area contributed by atoms with Gasteiger partial charge < -0.3 is 14.8 Å². The highest BCUT2D eigenvalue weighted by Gasteiger charge is 2.27. The van der Waals surface area contributed by atoms with Crippen molar-refractivity contribution < 1.29 is 22.6 Å². The molecule has 1 N–H and O–H groups in total. The molecule has 102 valence electrons. The van der Waals surface area contributed by atoms with Gasteiger partial charge in [0.1, 0.15) is 6.61 Å². The van der Waals surface area contributed by atoms with Crippen LogP contribution in [0.5, 0.6) is 0 Å². The first kappa shape index (κ1) is 14.7. The summed E-state index contributed by atoms with van der Waals surface area (Å²) in [6.07, 6.45) is -1.26. The van der Waals surface area contributed by atoms with E-state index in [1.165, 1.54) is 0 Å². The Morgan fingerprint density at radius 2 is 2.24 bits per heavy atom. The topological polar surface area (TPSA) is 30.5 Å². The van der Waals surface area contributed by atoms with E-state index in [1.54, 1.807) is 0 Å². The van der Waals surface area contributed by atoms with Crippen molar-refractivity contribution in [2.75, 3.05) is 26.4 Å². The molecule has 2 atom stereocenters. The van der Waals surface area contributed by atoms with E-state index in [0.717, 1.165) is 19.4 Å². The molecule has 3 nitrogen and oxygen atoms in total. The monoisotopic (exact) mass is 255 g/mol. The summed E-state index contributed by atoms with van der Waals surface area (Å²) in [5.41, 5.74) is 0. The van der Waals surface area contributed by atoms with Gasteiger partial charge in [-0.2, -0.15) is 13.2 Å². The minimum absolute atomic E-state index is 0.130. The van der Waals surface area contributed by atoms with Gasteiger partial charge in [0.15, 0.2) is 0 Å². The molecule has 0 saturated carbocycles. The zero-order chi connectivity index (χ0) is 12.7. The molecule has 2 unspecified atom stereocenters. The molecule has 0 aromatic heterocycles. The number of alkyl halides is 3. The average Bonchev–Trinajstić information content (AvgIpc) is 2.74. The van der Waals surface area contributed by atoms with Crippen LogP contribution in [0.3, 0.4) is 0 Å². The van der Waals surface area contributed by atoms with Crippen LogP contribution in [-0.2, 0) is 9.47 Å². The van der Waals surface area contributed by atoms with E-state index < -0.39 is 12.8 Å². The van der Waals surface area contributed by atoms with Crippen molar-refractivity contribution in [3.8, 4) is 0 Å². The zero-order valence-corrected chi connectivity index (χ0v) is 10.1. The summed E-state index contributed by atoms with van der Waals surface area (Å²) in [5.74, 6) is 0. The summed E-state index contributed by atoms with van der Waals surface area (Å²) < 4.78 is 45.2. The summed E-state index contributed by atoms with van der Waals surface area (Å²) in [7, 11) is 0. The lowest BCUT2D eigenvalue weighted by Crippen LogP contribution is -2.37. The molecule has 17 heavy (non-hydrogen) atoms. The quantitative estimate of drug-likeness (QED) is 0.707. The first-order valence-electron chi connectivity index (χ1n) is 5.98. The molecule has 6 heteroatoms. The van der Waals surface area contributed by atoms with Crippen LogP contribution in [0.1, 0.15) is 26.2 Å². The van der Waals surface area contributed by atoms with Crippen LogP contribution in [0.2, 0.25) is 0 Å². The Morgan fingerprint density at radius 1 is 1.47 bits per heavy atom. The maximum absolute atomic E-state index is 11.7. The highest BCUT2D eigenvalue weighted by molar-refractivity contribution is 4.76. The van der Waals surface area contributed by atoms with Crippen molar-refractivity contribution in [1.82, 2.24) is 5.32 Å². The Morgan fingerprint density at radius 3 is 2.82 bits per heavy atom. The maximum Gasteiger partial charge on any atom is 0.411 e. The van der Waals surface area contributed by atoms with Gasteiger partial charge in [-0.3, -0.25) is 0 Å². The Labute approximate surface area is 99.7 Å². The molecule has 1 aliphatic rings. The van der Waals surface area contributed by atoms with Crippen molar-refractivity contribution in [3.63, 3.8) is 0 Å². The Balaban J connectivity index is 1.93. The summed E-state index contributed by atoms with van der Waals surface area (Å²) in [4.78, 5) is 0. The minimum atomic E-state index is -4.22. The van der Waals surface area contributed by atoms with Crippen molar-refractivity contribution in [2.45, 2.75) is 44.5 Å². The fraction of sp³-hybridized carbons (Fsp3) is 1.00. The molecule has 1 heterocycles. The van der Waals surface area contributed by atoms with E-state index in [-0.39, 0.29) is 18.8 Å². The van der Waals surface area contributed by atoms with Gasteiger partial charge in [0.25, 0.3) is 0 Å². The van der Waals surface area contributed by atoms with E-state index in [0.29, 0.717) is 13.0 Å². The van der Waals surface area contributed by atoms with Gasteiger partial charge in [0.05, 0.1) is 6.10 Å². The van der Waals surface area contributed by atoms with Crippen molar-refractivity contribution in [3.05, 3.63) is 0 Å². The lowest BCUT2D eigenvalue weighted by Gasteiger charge is -2.19. The Hall–Kier alpha value is -0.330. The molecule has 1 fully saturated rings. The van der Waals surface area contributed by atoms with E-state index in [1.807, 2.05) is 6.92 Å². The van der Waals surface area contributed by atoms with Gasteiger partial charge >= 0.3 is 6.18 Å². The van der Waals surface area contributed by atoms with Crippen LogP contribution < -0.4 is 5.32 Å². The Kier molecular flexibility index (Phi) is 6.22. The average molecular weight is 255 g/mol. The SMILES string of the molecule is CC(NCCCOCC(F)(F)F)C1CCCO1. The zero-order valence-electron chi connectivity index (χ0n) is 10.1. The first-order chi connectivity index (χ1) is 7.99. The first-order valence-corrected chi connectivity index (χ1v) is 5.98. The normalized spacial score (nSPS) is 22.9. The molecule has 0 aromatic rings. The van der Waals surface area contributed by atoms with Gasteiger partial charge in [-0.1, -0.05) is 0 Å². The molecule has 0 aliphatic carbocycles. The molecule has 0 bridgehead atoms. The molecule has 1 rings (SSSR count). The number of hydrogen-bond acceptors (Lipinski definition) is 3. The van der Waals surface area contributed by atoms with Gasteiger partial charge in [0.2, 0.25) is 0 Å². The minimum Gasteiger partial charge on any atom is -0.377 e. The molecular formula is C11H20F3NO2. The number of rotatable bonds is 7. The predicted molar refractivity (Wildman–Crippen MR) is 57.9 cm³/mol. The summed E-state index contributed by atoms with van der Waals surface area (Å²) >= 11 is 0. The van der Waals surface area contributed by atoms with Crippen molar-refractivity contribution in [1.29, 1.82) is 0 Å². The van der Waals surface area contributed by atoms with E-state index in [4.69, 9.17) is 4.74 Å².